The summed E-state index contributed by atoms with van der Waals surface area (Å²) in [6.07, 6.45) is 4.13. The second kappa shape index (κ2) is 8.48. The normalized spacial score (nSPS) is 16.9. The van der Waals surface area contributed by atoms with E-state index >= 15 is 0 Å². The van der Waals surface area contributed by atoms with Gasteiger partial charge in [-0.15, -0.1) is 0 Å². The maximum absolute atomic E-state index is 12.1. The molecule has 2 aromatic rings. The van der Waals surface area contributed by atoms with Crippen molar-refractivity contribution in [1.82, 2.24) is 4.98 Å². The molecule has 6 nitrogen and oxygen atoms in total. The number of pyridine rings is 1. The van der Waals surface area contributed by atoms with Crippen LogP contribution in [-0.4, -0.2) is 31.2 Å². The number of ether oxygens (including phenoxy) is 3. The van der Waals surface area contributed by atoms with Gasteiger partial charge in [-0.1, -0.05) is 6.07 Å². The van der Waals surface area contributed by atoms with Crippen molar-refractivity contribution < 1.29 is 19.0 Å². The van der Waals surface area contributed by atoms with Crippen LogP contribution < -0.4 is 14.8 Å². The first kappa shape index (κ1) is 17.2. The third-order valence-corrected chi connectivity index (χ3v) is 4.01. The zero-order chi connectivity index (χ0) is 17.5. The molecule has 25 heavy (non-hydrogen) atoms. The fourth-order valence-corrected chi connectivity index (χ4v) is 2.74. The molecule has 2 heterocycles. The van der Waals surface area contributed by atoms with Crippen molar-refractivity contribution in [2.24, 2.45) is 5.92 Å². The van der Waals surface area contributed by atoms with Crippen LogP contribution in [-0.2, 0) is 9.53 Å². The van der Waals surface area contributed by atoms with Crippen LogP contribution in [0, 0.1) is 5.92 Å². The number of nitrogens with one attached hydrogen (secondary N) is 1. The fraction of sp³-hybridized carbons (Fsp3) is 0.368. The number of hydrogen-bond acceptors (Lipinski definition) is 5. The molecule has 0 spiro atoms. The highest BCUT2D eigenvalue weighted by atomic mass is 16.5. The minimum Gasteiger partial charge on any atom is -0.497 e. The number of amides is 1. The van der Waals surface area contributed by atoms with Crippen molar-refractivity contribution in [3.8, 4) is 17.4 Å². The van der Waals surface area contributed by atoms with Crippen molar-refractivity contribution in [2.75, 3.05) is 25.6 Å². The first-order valence-corrected chi connectivity index (χ1v) is 8.38. The Morgan fingerprint density at radius 3 is 2.92 bits per heavy atom. The molecule has 1 aliphatic rings. The Balaban J connectivity index is 1.53. The second-order valence-electron chi connectivity index (χ2n) is 6.00. The Kier molecular flexibility index (Phi) is 5.85. The first-order valence-electron chi connectivity index (χ1n) is 8.38. The Bertz CT molecular complexity index is 697. The Hall–Kier alpha value is -2.60. The Morgan fingerprint density at radius 1 is 1.32 bits per heavy atom. The highest BCUT2D eigenvalue weighted by molar-refractivity contribution is 5.90. The molecular weight excluding hydrogens is 320 g/mol. The zero-order valence-corrected chi connectivity index (χ0v) is 14.2. The number of hydrogen-bond donors (Lipinski definition) is 1. The number of aromatic nitrogens is 1. The standard InChI is InChI=1S/C19H22N2O4/c1-23-16-5-2-6-17(11-16)25-19-8-7-15(12-20-19)21-18(22)10-14-4-3-9-24-13-14/h2,5-8,11-12,14H,3-4,9-10,13H2,1H3,(H,21,22). The van der Waals surface area contributed by atoms with Crippen LogP contribution in [0.15, 0.2) is 42.6 Å². The minimum absolute atomic E-state index is 0.0150. The van der Waals surface area contributed by atoms with Gasteiger partial charge in [0.15, 0.2) is 0 Å². The molecule has 1 saturated heterocycles. The molecule has 1 amide bonds. The highest BCUT2D eigenvalue weighted by Crippen LogP contribution is 2.24. The topological polar surface area (TPSA) is 69.7 Å². The molecule has 1 fully saturated rings. The summed E-state index contributed by atoms with van der Waals surface area (Å²) < 4.78 is 16.2. The predicted octanol–water partition coefficient (Wildman–Crippen LogP) is 3.64. The number of carbonyl (C=O) groups excluding carboxylic acids is 1. The van der Waals surface area contributed by atoms with Gasteiger partial charge < -0.3 is 19.5 Å². The zero-order valence-electron chi connectivity index (χ0n) is 14.2. The van der Waals surface area contributed by atoms with Gasteiger partial charge in [0.2, 0.25) is 11.8 Å². The van der Waals surface area contributed by atoms with Crippen molar-refractivity contribution in [1.29, 1.82) is 0 Å². The van der Waals surface area contributed by atoms with Gasteiger partial charge in [0.1, 0.15) is 11.5 Å². The first-order chi connectivity index (χ1) is 12.2. The molecule has 0 aliphatic carbocycles. The van der Waals surface area contributed by atoms with Gasteiger partial charge >= 0.3 is 0 Å². The van der Waals surface area contributed by atoms with Crippen LogP contribution >= 0.6 is 0 Å². The van der Waals surface area contributed by atoms with Gasteiger partial charge in [0.25, 0.3) is 0 Å². The van der Waals surface area contributed by atoms with Crippen LogP contribution in [0.3, 0.4) is 0 Å². The number of carbonyl (C=O) groups is 1. The number of methoxy groups -OCH3 is 1. The van der Waals surface area contributed by atoms with Crippen molar-refractivity contribution in [2.45, 2.75) is 19.3 Å². The van der Waals surface area contributed by atoms with E-state index in [1.807, 2.05) is 18.2 Å². The monoisotopic (exact) mass is 342 g/mol. The average molecular weight is 342 g/mol. The predicted molar refractivity (Wildman–Crippen MR) is 94.1 cm³/mol. The molecule has 1 aliphatic heterocycles. The lowest BCUT2D eigenvalue weighted by Gasteiger charge is -2.21. The van der Waals surface area contributed by atoms with E-state index in [0.717, 1.165) is 19.4 Å². The summed E-state index contributed by atoms with van der Waals surface area (Å²) in [6, 6.07) is 10.8. The summed E-state index contributed by atoms with van der Waals surface area (Å²) >= 11 is 0. The van der Waals surface area contributed by atoms with Gasteiger partial charge in [0, 0.05) is 31.8 Å². The quantitative estimate of drug-likeness (QED) is 0.868. The maximum Gasteiger partial charge on any atom is 0.224 e. The Labute approximate surface area is 147 Å². The van der Waals surface area contributed by atoms with E-state index in [4.69, 9.17) is 14.2 Å². The lowest BCUT2D eigenvalue weighted by Crippen LogP contribution is -2.23. The molecule has 132 valence electrons. The molecule has 1 aromatic heterocycles. The van der Waals surface area contributed by atoms with Crippen molar-refractivity contribution >= 4 is 11.6 Å². The number of rotatable bonds is 6. The van der Waals surface area contributed by atoms with E-state index in [1.54, 1.807) is 31.5 Å². The fourth-order valence-electron chi connectivity index (χ4n) is 2.74. The lowest BCUT2D eigenvalue weighted by atomic mass is 9.98. The summed E-state index contributed by atoms with van der Waals surface area (Å²) in [5.41, 5.74) is 0.653. The minimum atomic E-state index is -0.0150. The smallest absolute Gasteiger partial charge is 0.224 e. The average Bonchev–Trinajstić information content (AvgIpc) is 2.64. The summed E-state index contributed by atoms with van der Waals surface area (Å²) in [6.45, 7) is 1.47. The molecule has 0 saturated carbocycles. The second-order valence-corrected chi connectivity index (χ2v) is 6.00. The largest absolute Gasteiger partial charge is 0.497 e. The molecular formula is C19H22N2O4. The van der Waals surface area contributed by atoms with Crippen LogP contribution in [0.5, 0.6) is 17.4 Å². The van der Waals surface area contributed by atoms with Crippen LogP contribution in [0.2, 0.25) is 0 Å². The van der Waals surface area contributed by atoms with E-state index in [1.165, 1.54) is 0 Å². The summed E-state index contributed by atoms with van der Waals surface area (Å²) in [5, 5.41) is 2.87. The molecule has 0 bridgehead atoms. The number of nitrogens with zero attached hydrogens (tertiary/aromatic N) is 1. The molecule has 1 aromatic carbocycles. The molecule has 6 heteroatoms. The van der Waals surface area contributed by atoms with Gasteiger partial charge in [-0.2, -0.15) is 0 Å². The van der Waals surface area contributed by atoms with E-state index in [9.17, 15) is 4.79 Å². The molecule has 1 N–H and O–H groups in total. The van der Waals surface area contributed by atoms with E-state index in [-0.39, 0.29) is 5.91 Å². The molecule has 3 rings (SSSR count). The van der Waals surface area contributed by atoms with Crippen LogP contribution in [0.4, 0.5) is 5.69 Å². The number of benzene rings is 1. The van der Waals surface area contributed by atoms with Crippen molar-refractivity contribution in [3.05, 3.63) is 42.6 Å². The lowest BCUT2D eigenvalue weighted by molar-refractivity contribution is -0.118. The molecule has 0 radical (unpaired) electrons. The molecule has 1 atom stereocenters. The maximum atomic E-state index is 12.1. The van der Waals surface area contributed by atoms with E-state index in [0.29, 0.717) is 42.0 Å². The number of anilines is 1. The third-order valence-electron chi connectivity index (χ3n) is 4.01. The van der Waals surface area contributed by atoms with Gasteiger partial charge in [-0.3, -0.25) is 4.79 Å². The summed E-state index contributed by atoms with van der Waals surface area (Å²) in [7, 11) is 1.61. The van der Waals surface area contributed by atoms with Crippen LogP contribution in [0.25, 0.3) is 0 Å². The van der Waals surface area contributed by atoms with Gasteiger partial charge in [-0.05, 0) is 37.0 Å². The summed E-state index contributed by atoms with van der Waals surface area (Å²) in [5.74, 6) is 2.09. The van der Waals surface area contributed by atoms with Gasteiger partial charge in [-0.25, -0.2) is 4.98 Å². The third kappa shape index (κ3) is 5.19. The molecule has 1 unspecified atom stereocenters. The van der Waals surface area contributed by atoms with E-state index in [2.05, 4.69) is 10.3 Å². The highest BCUT2D eigenvalue weighted by Gasteiger charge is 2.17. The van der Waals surface area contributed by atoms with Crippen molar-refractivity contribution in [3.63, 3.8) is 0 Å². The Morgan fingerprint density at radius 2 is 2.20 bits per heavy atom. The SMILES string of the molecule is COc1cccc(Oc2ccc(NC(=O)CC3CCCOC3)cn2)c1. The van der Waals surface area contributed by atoms with Crippen LogP contribution in [0.1, 0.15) is 19.3 Å². The van der Waals surface area contributed by atoms with E-state index < -0.39 is 0 Å². The van der Waals surface area contributed by atoms with Gasteiger partial charge in [0.05, 0.1) is 19.0 Å². The summed E-state index contributed by atoms with van der Waals surface area (Å²) in [4.78, 5) is 16.3.